The van der Waals surface area contributed by atoms with Gasteiger partial charge in [0.1, 0.15) is 0 Å². The van der Waals surface area contributed by atoms with E-state index >= 15 is 0 Å². The molecule has 0 spiro atoms. The summed E-state index contributed by atoms with van der Waals surface area (Å²) in [4.78, 5) is 33.0. The summed E-state index contributed by atoms with van der Waals surface area (Å²) in [7, 11) is 0. The monoisotopic (exact) mass is 655 g/mol. The first-order chi connectivity index (χ1) is 16.9. The van der Waals surface area contributed by atoms with Crippen molar-refractivity contribution in [3.63, 3.8) is 0 Å². The molecule has 0 aromatic heterocycles. The van der Waals surface area contributed by atoms with Crippen LogP contribution in [0.4, 0.5) is 0 Å². The van der Waals surface area contributed by atoms with Crippen molar-refractivity contribution >= 4 is 17.9 Å². The zero-order chi connectivity index (χ0) is 28.8. The van der Waals surface area contributed by atoms with Gasteiger partial charge in [-0.25, -0.2) is 0 Å². The maximum atomic E-state index is 11.0. The van der Waals surface area contributed by atoms with Gasteiger partial charge in [0, 0.05) is 35.6 Å². The Morgan fingerprint density at radius 3 is 0.676 bits per heavy atom. The van der Waals surface area contributed by atoms with Crippen molar-refractivity contribution in [3.8, 4) is 0 Å². The van der Waals surface area contributed by atoms with Crippen LogP contribution in [0, 0.1) is 51.8 Å². The Morgan fingerprint density at radius 1 is 0.432 bits per heavy atom. The van der Waals surface area contributed by atoms with Crippen LogP contribution < -0.4 is 0 Å². The summed E-state index contributed by atoms with van der Waals surface area (Å²) in [5.74, 6) is -1.87. The first-order valence-electron chi connectivity index (χ1n) is 14.6. The van der Waals surface area contributed by atoms with Crippen molar-refractivity contribution < 1.29 is 65.3 Å². The van der Waals surface area contributed by atoms with Crippen LogP contribution in [-0.2, 0) is 14.4 Å². The molecule has 0 heterocycles. The molecule has 0 aromatic carbocycles. The second-order valence-corrected chi connectivity index (χ2v) is 10.2. The molecule has 0 aliphatic carbocycles. The Labute approximate surface area is 256 Å². The molecular formula is C30H60LaO6. The van der Waals surface area contributed by atoms with Crippen LogP contribution in [0.25, 0.3) is 0 Å². The maximum absolute atomic E-state index is 11.0. The van der Waals surface area contributed by atoms with Crippen LogP contribution in [0.5, 0.6) is 0 Å². The van der Waals surface area contributed by atoms with Crippen LogP contribution in [0.15, 0.2) is 0 Å². The van der Waals surface area contributed by atoms with Gasteiger partial charge in [-0.1, -0.05) is 101 Å². The molecule has 0 fully saturated rings. The minimum Gasteiger partial charge on any atom is -0.481 e. The molecule has 0 saturated carbocycles. The van der Waals surface area contributed by atoms with Crippen molar-refractivity contribution in [2.24, 2.45) is 16.2 Å². The first-order valence-corrected chi connectivity index (χ1v) is 14.6. The van der Waals surface area contributed by atoms with Gasteiger partial charge < -0.3 is 15.3 Å². The summed E-state index contributed by atoms with van der Waals surface area (Å²) < 4.78 is 0. The molecule has 0 unspecified atom stereocenters. The van der Waals surface area contributed by atoms with Crippen molar-refractivity contribution in [1.82, 2.24) is 0 Å². The van der Waals surface area contributed by atoms with E-state index in [1.165, 1.54) is 0 Å². The average molecular weight is 656 g/mol. The van der Waals surface area contributed by atoms with Crippen molar-refractivity contribution in [3.05, 3.63) is 0 Å². The molecule has 1 radical (unpaired) electrons. The van der Waals surface area contributed by atoms with Gasteiger partial charge in [0.25, 0.3) is 0 Å². The summed E-state index contributed by atoms with van der Waals surface area (Å²) in [5.41, 5.74) is -1.35. The van der Waals surface area contributed by atoms with Gasteiger partial charge in [0.15, 0.2) is 0 Å². The molecule has 0 aliphatic rings. The fourth-order valence-electron chi connectivity index (χ4n) is 4.58. The van der Waals surface area contributed by atoms with E-state index in [4.69, 9.17) is 15.3 Å². The Balaban J connectivity index is -0.000000218. The van der Waals surface area contributed by atoms with Gasteiger partial charge in [0.05, 0.1) is 16.2 Å². The number of aliphatic carboxylic acids is 3. The zero-order valence-electron chi connectivity index (χ0n) is 25.8. The van der Waals surface area contributed by atoms with Crippen LogP contribution in [0.1, 0.15) is 159 Å². The zero-order valence-corrected chi connectivity index (χ0v) is 29.4. The number of rotatable bonds is 18. The van der Waals surface area contributed by atoms with Crippen LogP contribution in [0.3, 0.4) is 0 Å². The minimum absolute atomic E-state index is 0. The Bertz CT molecular complexity index is 498. The number of hydrogen-bond donors (Lipinski definition) is 3. The summed E-state index contributed by atoms with van der Waals surface area (Å²) in [6, 6.07) is 0. The number of carboxylic acids is 3. The summed E-state index contributed by atoms with van der Waals surface area (Å²) in [5, 5.41) is 27.2. The second kappa shape index (κ2) is 24.6. The van der Waals surface area contributed by atoms with Crippen LogP contribution >= 0.6 is 0 Å². The van der Waals surface area contributed by atoms with Gasteiger partial charge in [-0.15, -0.1) is 0 Å². The molecule has 3 N–H and O–H groups in total. The van der Waals surface area contributed by atoms with E-state index in [-0.39, 0.29) is 35.6 Å². The Hall–Kier alpha value is -0.395. The molecule has 7 heteroatoms. The van der Waals surface area contributed by atoms with E-state index in [0.717, 1.165) is 96.3 Å². The fraction of sp³-hybridized carbons (Fsp3) is 0.900. The third-order valence-corrected chi connectivity index (χ3v) is 8.45. The van der Waals surface area contributed by atoms with E-state index in [0.29, 0.717) is 0 Å². The van der Waals surface area contributed by atoms with E-state index < -0.39 is 34.2 Å². The normalized spacial score (nSPS) is 11.3. The summed E-state index contributed by atoms with van der Waals surface area (Å²) in [6.45, 7) is 18.1. The van der Waals surface area contributed by atoms with E-state index in [1.807, 2.05) is 41.5 Å². The molecule has 0 rings (SSSR count). The third-order valence-electron chi connectivity index (χ3n) is 8.45. The third kappa shape index (κ3) is 15.7. The second-order valence-electron chi connectivity index (χ2n) is 10.2. The number of unbranched alkanes of at least 4 members (excludes halogenated alkanes) is 3. The molecule has 37 heavy (non-hydrogen) atoms. The quantitative estimate of drug-likeness (QED) is 0.136. The van der Waals surface area contributed by atoms with Gasteiger partial charge >= 0.3 is 17.9 Å². The summed E-state index contributed by atoms with van der Waals surface area (Å²) >= 11 is 0. The standard InChI is InChI=1S/3C10H20O2.La/c3*1-4-7-8-10(5-2,6-3)9(11)12;/h3*4-8H2,1-3H3,(H,11,12);. The first kappa shape index (κ1) is 43.7. The Morgan fingerprint density at radius 2 is 0.595 bits per heavy atom. The molecule has 0 aliphatic heterocycles. The smallest absolute Gasteiger partial charge is 0.309 e. The number of carbonyl (C=O) groups is 3. The summed E-state index contributed by atoms with van der Waals surface area (Å²) in [6.07, 6.45) is 13.3. The van der Waals surface area contributed by atoms with Gasteiger partial charge in [-0.05, 0) is 57.8 Å². The van der Waals surface area contributed by atoms with Gasteiger partial charge in [-0.3, -0.25) is 14.4 Å². The molecule has 0 aromatic rings. The van der Waals surface area contributed by atoms with Crippen molar-refractivity contribution in [2.75, 3.05) is 0 Å². The molecule has 6 nitrogen and oxygen atoms in total. The molecule has 0 bridgehead atoms. The molecule has 0 atom stereocenters. The SMILES string of the molecule is CCCCC(CC)(CC)C(=O)O.CCCCC(CC)(CC)C(=O)O.CCCCC(CC)(CC)C(=O)O.[La]. The number of carboxylic acid groups (broad SMARTS) is 3. The Kier molecular flexibility index (Phi) is 29.1. The van der Waals surface area contributed by atoms with Gasteiger partial charge in [-0.2, -0.15) is 0 Å². The predicted octanol–water partition coefficient (Wildman–Crippen LogP) is 9.20. The van der Waals surface area contributed by atoms with Crippen LogP contribution in [-0.4, -0.2) is 33.2 Å². The molecule has 0 saturated heterocycles. The van der Waals surface area contributed by atoms with E-state index in [2.05, 4.69) is 20.8 Å². The molecule has 0 amide bonds. The topological polar surface area (TPSA) is 112 Å². The maximum Gasteiger partial charge on any atom is 0.309 e. The van der Waals surface area contributed by atoms with Crippen molar-refractivity contribution in [2.45, 2.75) is 159 Å². The predicted molar refractivity (Wildman–Crippen MR) is 151 cm³/mol. The van der Waals surface area contributed by atoms with E-state index in [1.54, 1.807) is 0 Å². The average Bonchev–Trinajstić information content (AvgIpc) is 2.87. The largest absolute Gasteiger partial charge is 0.481 e. The number of hydrogen-bond acceptors (Lipinski definition) is 3. The van der Waals surface area contributed by atoms with Gasteiger partial charge in [0.2, 0.25) is 0 Å². The van der Waals surface area contributed by atoms with Crippen LogP contribution in [0.2, 0.25) is 0 Å². The molecule has 219 valence electrons. The molecular weight excluding hydrogens is 595 g/mol. The minimum atomic E-state index is -0.624. The van der Waals surface area contributed by atoms with E-state index in [9.17, 15) is 14.4 Å². The fourth-order valence-corrected chi connectivity index (χ4v) is 4.58. The van der Waals surface area contributed by atoms with Crippen molar-refractivity contribution in [1.29, 1.82) is 0 Å².